The molecular formula is C11H14Cl2O2S. The quantitative estimate of drug-likeness (QED) is 0.778. The van der Waals surface area contributed by atoms with Crippen molar-refractivity contribution in [3.05, 3.63) is 33.8 Å². The van der Waals surface area contributed by atoms with Crippen molar-refractivity contribution in [1.82, 2.24) is 0 Å². The SMILES string of the molecule is OCCOCCSCc1c(Cl)cccc1Cl. The topological polar surface area (TPSA) is 29.5 Å². The summed E-state index contributed by atoms with van der Waals surface area (Å²) >= 11 is 13.8. The first-order valence-electron chi connectivity index (χ1n) is 4.95. The summed E-state index contributed by atoms with van der Waals surface area (Å²) in [6.07, 6.45) is 0. The Balaban J connectivity index is 2.26. The fourth-order valence-corrected chi connectivity index (χ4v) is 2.71. The Bertz CT molecular complexity index is 301. The minimum absolute atomic E-state index is 0.0704. The van der Waals surface area contributed by atoms with Crippen molar-refractivity contribution in [1.29, 1.82) is 0 Å². The third kappa shape index (κ3) is 4.93. The zero-order valence-corrected chi connectivity index (χ0v) is 11.1. The summed E-state index contributed by atoms with van der Waals surface area (Å²) in [5, 5.41) is 9.92. The number of ether oxygens (including phenoxy) is 1. The standard InChI is InChI=1S/C11H14Cl2O2S/c12-10-2-1-3-11(13)9(10)8-16-7-6-15-5-4-14/h1-3,14H,4-8H2. The van der Waals surface area contributed by atoms with Gasteiger partial charge in [0, 0.05) is 21.6 Å². The smallest absolute Gasteiger partial charge is 0.0698 e. The zero-order chi connectivity index (χ0) is 11.8. The van der Waals surface area contributed by atoms with Gasteiger partial charge < -0.3 is 9.84 Å². The van der Waals surface area contributed by atoms with E-state index in [0.717, 1.165) is 17.1 Å². The summed E-state index contributed by atoms with van der Waals surface area (Å²) in [6.45, 7) is 1.10. The molecular weight excluding hydrogens is 267 g/mol. The van der Waals surface area contributed by atoms with E-state index in [1.807, 2.05) is 18.2 Å². The Morgan fingerprint density at radius 3 is 2.50 bits per heavy atom. The molecule has 0 saturated heterocycles. The molecule has 0 amide bonds. The molecule has 0 aliphatic heterocycles. The fourth-order valence-electron chi connectivity index (χ4n) is 1.13. The number of hydrogen-bond acceptors (Lipinski definition) is 3. The average molecular weight is 281 g/mol. The number of benzene rings is 1. The molecule has 1 aromatic carbocycles. The van der Waals surface area contributed by atoms with Crippen LogP contribution in [0.15, 0.2) is 18.2 Å². The molecule has 90 valence electrons. The number of aliphatic hydroxyl groups excluding tert-OH is 1. The Morgan fingerprint density at radius 1 is 1.19 bits per heavy atom. The molecule has 5 heteroatoms. The molecule has 0 radical (unpaired) electrons. The lowest BCUT2D eigenvalue weighted by molar-refractivity contribution is 0.103. The van der Waals surface area contributed by atoms with Crippen LogP contribution in [0.25, 0.3) is 0 Å². The molecule has 0 atom stereocenters. The van der Waals surface area contributed by atoms with Gasteiger partial charge in [-0.3, -0.25) is 0 Å². The van der Waals surface area contributed by atoms with Crippen LogP contribution < -0.4 is 0 Å². The minimum Gasteiger partial charge on any atom is -0.394 e. The third-order valence-corrected chi connectivity index (χ3v) is 3.57. The molecule has 0 spiro atoms. The molecule has 1 rings (SSSR count). The summed E-state index contributed by atoms with van der Waals surface area (Å²) in [4.78, 5) is 0. The summed E-state index contributed by atoms with van der Waals surface area (Å²) in [6, 6.07) is 5.51. The molecule has 16 heavy (non-hydrogen) atoms. The molecule has 0 aliphatic rings. The minimum atomic E-state index is 0.0704. The van der Waals surface area contributed by atoms with Gasteiger partial charge in [0.25, 0.3) is 0 Å². The molecule has 0 aromatic heterocycles. The van der Waals surface area contributed by atoms with Crippen LogP contribution in [0.1, 0.15) is 5.56 Å². The molecule has 0 unspecified atom stereocenters. The van der Waals surface area contributed by atoms with E-state index in [9.17, 15) is 0 Å². The van der Waals surface area contributed by atoms with Gasteiger partial charge >= 0.3 is 0 Å². The normalized spacial score (nSPS) is 10.7. The molecule has 0 aliphatic carbocycles. The fraction of sp³-hybridized carbons (Fsp3) is 0.455. The van der Waals surface area contributed by atoms with Gasteiger partial charge in [0.2, 0.25) is 0 Å². The molecule has 0 heterocycles. The van der Waals surface area contributed by atoms with E-state index < -0.39 is 0 Å². The molecule has 0 saturated carbocycles. The van der Waals surface area contributed by atoms with Crippen LogP contribution in [0.3, 0.4) is 0 Å². The van der Waals surface area contributed by atoms with Crippen LogP contribution in [0.5, 0.6) is 0 Å². The first-order chi connectivity index (χ1) is 7.75. The molecule has 0 bridgehead atoms. The second kappa shape index (κ2) is 8.20. The van der Waals surface area contributed by atoms with Crippen molar-refractivity contribution in [2.45, 2.75) is 5.75 Å². The van der Waals surface area contributed by atoms with Gasteiger partial charge in [0.15, 0.2) is 0 Å². The highest BCUT2D eigenvalue weighted by atomic mass is 35.5. The summed E-state index contributed by atoms with van der Waals surface area (Å²) in [5.74, 6) is 1.64. The van der Waals surface area contributed by atoms with Crippen LogP contribution >= 0.6 is 35.0 Å². The van der Waals surface area contributed by atoms with E-state index in [1.165, 1.54) is 0 Å². The summed E-state index contributed by atoms with van der Waals surface area (Å²) in [7, 11) is 0. The van der Waals surface area contributed by atoms with E-state index in [2.05, 4.69) is 0 Å². The van der Waals surface area contributed by atoms with Gasteiger partial charge in [0.05, 0.1) is 19.8 Å². The molecule has 2 nitrogen and oxygen atoms in total. The van der Waals surface area contributed by atoms with Gasteiger partial charge in [-0.15, -0.1) is 0 Å². The first kappa shape index (κ1) is 14.1. The van der Waals surface area contributed by atoms with Gasteiger partial charge in [-0.05, 0) is 17.7 Å². The number of thioether (sulfide) groups is 1. The monoisotopic (exact) mass is 280 g/mol. The number of aliphatic hydroxyl groups is 1. The average Bonchev–Trinajstić information content (AvgIpc) is 2.26. The Labute approximate surface area is 110 Å². The maximum Gasteiger partial charge on any atom is 0.0698 e. The van der Waals surface area contributed by atoms with Gasteiger partial charge in [-0.1, -0.05) is 29.3 Å². The predicted molar refractivity (Wildman–Crippen MR) is 70.5 cm³/mol. The Kier molecular flexibility index (Phi) is 7.25. The van der Waals surface area contributed by atoms with Gasteiger partial charge in [-0.2, -0.15) is 11.8 Å². The maximum absolute atomic E-state index is 8.51. The van der Waals surface area contributed by atoms with Gasteiger partial charge in [0.1, 0.15) is 0 Å². The Hall–Kier alpha value is 0.0700. The largest absolute Gasteiger partial charge is 0.394 e. The number of halogens is 2. The van der Waals surface area contributed by atoms with Crippen LogP contribution in [0.2, 0.25) is 10.0 Å². The summed E-state index contributed by atoms with van der Waals surface area (Å²) < 4.78 is 5.14. The van der Waals surface area contributed by atoms with Crippen LogP contribution in [0.4, 0.5) is 0 Å². The molecule has 1 aromatic rings. The van der Waals surface area contributed by atoms with Crippen molar-refractivity contribution in [2.24, 2.45) is 0 Å². The van der Waals surface area contributed by atoms with E-state index >= 15 is 0 Å². The summed E-state index contributed by atoms with van der Waals surface area (Å²) in [5.41, 5.74) is 0.970. The highest BCUT2D eigenvalue weighted by molar-refractivity contribution is 7.98. The lowest BCUT2D eigenvalue weighted by Gasteiger charge is -2.06. The van der Waals surface area contributed by atoms with Crippen LogP contribution in [0, 0.1) is 0 Å². The molecule has 0 fully saturated rings. The maximum atomic E-state index is 8.51. The Morgan fingerprint density at radius 2 is 1.88 bits per heavy atom. The second-order valence-electron chi connectivity index (χ2n) is 3.09. The van der Waals surface area contributed by atoms with Crippen molar-refractivity contribution < 1.29 is 9.84 Å². The van der Waals surface area contributed by atoms with Crippen molar-refractivity contribution in [3.63, 3.8) is 0 Å². The van der Waals surface area contributed by atoms with E-state index in [-0.39, 0.29) is 6.61 Å². The lowest BCUT2D eigenvalue weighted by atomic mass is 10.2. The highest BCUT2D eigenvalue weighted by Crippen LogP contribution is 2.27. The van der Waals surface area contributed by atoms with Crippen molar-refractivity contribution >= 4 is 35.0 Å². The highest BCUT2D eigenvalue weighted by Gasteiger charge is 2.04. The van der Waals surface area contributed by atoms with Crippen LogP contribution in [-0.2, 0) is 10.5 Å². The first-order valence-corrected chi connectivity index (χ1v) is 6.86. The van der Waals surface area contributed by atoms with E-state index in [4.69, 9.17) is 33.0 Å². The van der Waals surface area contributed by atoms with E-state index in [1.54, 1.807) is 11.8 Å². The van der Waals surface area contributed by atoms with Crippen molar-refractivity contribution in [2.75, 3.05) is 25.6 Å². The lowest BCUT2D eigenvalue weighted by Crippen LogP contribution is -2.02. The predicted octanol–water partition coefficient (Wildman–Crippen LogP) is 3.24. The van der Waals surface area contributed by atoms with Crippen molar-refractivity contribution in [3.8, 4) is 0 Å². The number of hydrogen-bond donors (Lipinski definition) is 1. The third-order valence-electron chi connectivity index (χ3n) is 1.92. The second-order valence-corrected chi connectivity index (χ2v) is 5.01. The van der Waals surface area contributed by atoms with E-state index in [0.29, 0.717) is 23.3 Å². The van der Waals surface area contributed by atoms with Crippen LogP contribution in [-0.4, -0.2) is 30.7 Å². The van der Waals surface area contributed by atoms with Gasteiger partial charge in [-0.25, -0.2) is 0 Å². The molecule has 1 N–H and O–H groups in total. The number of rotatable bonds is 7. The zero-order valence-electron chi connectivity index (χ0n) is 8.79.